The van der Waals surface area contributed by atoms with Crippen LogP contribution in [0, 0.1) is 12.8 Å². The highest BCUT2D eigenvalue weighted by atomic mass is 127. The van der Waals surface area contributed by atoms with E-state index in [-0.39, 0.29) is 24.0 Å². The first-order chi connectivity index (χ1) is 13.6. The lowest BCUT2D eigenvalue weighted by molar-refractivity contribution is 0.322. The fraction of sp³-hybridized carbons (Fsp3) is 0.667. The fourth-order valence-corrected chi connectivity index (χ4v) is 4.39. The third-order valence-corrected chi connectivity index (χ3v) is 6.56. The van der Waals surface area contributed by atoms with Crippen molar-refractivity contribution in [2.45, 2.75) is 77.9 Å². The van der Waals surface area contributed by atoms with Gasteiger partial charge < -0.3 is 15.2 Å². The second-order valence-electron chi connectivity index (χ2n) is 7.95. The molecule has 0 bridgehead atoms. The van der Waals surface area contributed by atoms with E-state index < -0.39 is 0 Å². The molecule has 0 aliphatic heterocycles. The van der Waals surface area contributed by atoms with Crippen molar-refractivity contribution in [3.63, 3.8) is 0 Å². The number of aromatic nitrogens is 3. The van der Waals surface area contributed by atoms with Crippen molar-refractivity contribution in [3.05, 3.63) is 34.0 Å². The molecule has 2 N–H and O–H groups in total. The molecule has 2 aromatic heterocycles. The second kappa shape index (κ2) is 12.5. The van der Waals surface area contributed by atoms with E-state index in [9.17, 15) is 0 Å². The zero-order valence-electron chi connectivity index (χ0n) is 17.9. The number of nitrogens with zero attached hydrogens (tertiary/aromatic N) is 4. The van der Waals surface area contributed by atoms with Crippen LogP contribution in [0.4, 0.5) is 0 Å². The molecule has 0 amide bonds. The van der Waals surface area contributed by atoms with Crippen LogP contribution >= 0.6 is 35.3 Å². The fourth-order valence-electron chi connectivity index (χ4n) is 3.74. The van der Waals surface area contributed by atoms with Gasteiger partial charge in [0.2, 0.25) is 0 Å². The van der Waals surface area contributed by atoms with E-state index >= 15 is 0 Å². The maximum absolute atomic E-state index is 4.78. The Morgan fingerprint density at radius 2 is 2.10 bits per heavy atom. The molecule has 0 aromatic carbocycles. The summed E-state index contributed by atoms with van der Waals surface area (Å²) in [6.45, 7) is 5.53. The molecule has 1 aliphatic carbocycles. The molecule has 2 aromatic rings. The highest BCUT2D eigenvalue weighted by molar-refractivity contribution is 14.0. The summed E-state index contributed by atoms with van der Waals surface area (Å²) in [7, 11) is 1.99. The van der Waals surface area contributed by atoms with Crippen LogP contribution in [0.1, 0.15) is 68.4 Å². The number of halogens is 1. The molecule has 1 atom stereocenters. The molecular weight excluding hydrogens is 495 g/mol. The van der Waals surface area contributed by atoms with E-state index in [0.29, 0.717) is 12.6 Å². The van der Waals surface area contributed by atoms with Gasteiger partial charge in [-0.3, -0.25) is 0 Å². The zero-order valence-corrected chi connectivity index (χ0v) is 21.0. The van der Waals surface area contributed by atoms with Gasteiger partial charge in [-0.05, 0) is 44.1 Å². The number of aryl methyl sites for hydroxylation is 1. The highest BCUT2D eigenvalue weighted by Crippen LogP contribution is 2.27. The van der Waals surface area contributed by atoms with Crippen molar-refractivity contribution in [2.75, 3.05) is 0 Å². The number of guanidine groups is 1. The summed E-state index contributed by atoms with van der Waals surface area (Å²) in [5, 5.41) is 17.5. The lowest BCUT2D eigenvalue weighted by atomic mass is 9.85. The summed E-state index contributed by atoms with van der Waals surface area (Å²) in [6, 6.07) is 4.63. The van der Waals surface area contributed by atoms with Crippen molar-refractivity contribution < 1.29 is 0 Å². The van der Waals surface area contributed by atoms with Gasteiger partial charge in [-0.2, -0.15) is 0 Å². The van der Waals surface area contributed by atoms with E-state index in [0.717, 1.165) is 30.1 Å². The first-order valence-electron chi connectivity index (χ1n) is 10.5. The number of rotatable bonds is 8. The Bertz CT molecular complexity index is 736. The quantitative estimate of drug-likeness (QED) is 0.293. The molecule has 0 radical (unpaired) electrons. The molecule has 6 nitrogen and oxygen atoms in total. The van der Waals surface area contributed by atoms with Gasteiger partial charge in [0, 0.05) is 18.0 Å². The Hall–Kier alpha value is -1.16. The Morgan fingerprint density at radius 1 is 1.31 bits per heavy atom. The Kier molecular flexibility index (Phi) is 10.4. The van der Waals surface area contributed by atoms with Crippen molar-refractivity contribution in [1.29, 1.82) is 0 Å². The first-order valence-corrected chi connectivity index (χ1v) is 11.4. The van der Waals surface area contributed by atoms with Crippen molar-refractivity contribution in [2.24, 2.45) is 18.0 Å². The van der Waals surface area contributed by atoms with Gasteiger partial charge in [0.05, 0.1) is 6.54 Å². The maximum atomic E-state index is 4.78. The molecule has 1 unspecified atom stereocenters. The first kappa shape index (κ1) is 24.1. The molecule has 162 valence electrons. The molecule has 1 fully saturated rings. The van der Waals surface area contributed by atoms with Crippen molar-refractivity contribution >= 4 is 41.3 Å². The smallest absolute Gasteiger partial charge is 0.192 e. The van der Waals surface area contributed by atoms with Crippen LogP contribution < -0.4 is 10.6 Å². The standard InChI is InChI=1S/C21H34N6S.HI/c1-16(11-12-18-8-5-4-6-9-18)24-21(22-14-19-10-7-13-28-19)23-15-20-26-25-17(2)27(20)3;/h7,10,13,16,18H,4-6,8-9,11-12,14-15H2,1-3H3,(H2,22,23,24);1H. The van der Waals surface area contributed by atoms with Crippen LogP contribution in [-0.4, -0.2) is 26.8 Å². The molecule has 29 heavy (non-hydrogen) atoms. The third kappa shape index (κ3) is 7.88. The van der Waals surface area contributed by atoms with Crippen LogP contribution in [0.25, 0.3) is 0 Å². The highest BCUT2D eigenvalue weighted by Gasteiger charge is 2.15. The molecular formula is C21H35IN6S. The van der Waals surface area contributed by atoms with Gasteiger partial charge in [-0.25, -0.2) is 4.99 Å². The van der Waals surface area contributed by atoms with Gasteiger partial charge >= 0.3 is 0 Å². The molecule has 2 heterocycles. The predicted octanol–water partition coefficient (Wildman–Crippen LogP) is 4.79. The van der Waals surface area contributed by atoms with Crippen LogP contribution in [0.5, 0.6) is 0 Å². The van der Waals surface area contributed by atoms with Gasteiger partial charge in [0.25, 0.3) is 0 Å². The lowest BCUT2D eigenvalue weighted by Crippen LogP contribution is -2.42. The number of thiophene rings is 1. The number of hydrogen-bond donors (Lipinski definition) is 2. The van der Waals surface area contributed by atoms with Crippen LogP contribution in [0.2, 0.25) is 0 Å². The largest absolute Gasteiger partial charge is 0.354 e. The zero-order chi connectivity index (χ0) is 19.8. The van der Waals surface area contributed by atoms with E-state index in [1.807, 2.05) is 18.5 Å². The molecule has 8 heteroatoms. The summed E-state index contributed by atoms with van der Waals surface area (Å²) in [4.78, 5) is 6.08. The van der Waals surface area contributed by atoms with Gasteiger partial charge in [-0.1, -0.05) is 38.2 Å². The normalized spacial score (nSPS) is 16.3. The van der Waals surface area contributed by atoms with Crippen LogP contribution in [0.3, 0.4) is 0 Å². The SMILES string of the molecule is Cc1nnc(CN=C(NCc2cccs2)NC(C)CCC2CCCCC2)n1C.I. The van der Waals surface area contributed by atoms with E-state index in [4.69, 9.17) is 4.99 Å². The monoisotopic (exact) mass is 530 g/mol. The number of nitrogens with one attached hydrogen (secondary N) is 2. The van der Waals surface area contributed by atoms with Crippen molar-refractivity contribution in [3.8, 4) is 0 Å². The molecule has 0 spiro atoms. The molecule has 0 saturated heterocycles. The predicted molar refractivity (Wildman–Crippen MR) is 132 cm³/mol. The minimum atomic E-state index is 0. The topological polar surface area (TPSA) is 67.1 Å². The Labute approximate surface area is 196 Å². The molecule has 1 aliphatic rings. The summed E-state index contributed by atoms with van der Waals surface area (Å²) in [5.41, 5.74) is 0. The second-order valence-corrected chi connectivity index (χ2v) is 8.98. The Balaban J connectivity index is 0.00000300. The maximum Gasteiger partial charge on any atom is 0.192 e. The summed E-state index contributed by atoms with van der Waals surface area (Å²) in [5.74, 6) is 3.56. The summed E-state index contributed by atoms with van der Waals surface area (Å²) < 4.78 is 1.99. The summed E-state index contributed by atoms with van der Waals surface area (Å²) in [6.07, 6.45) is 9.58. The Morgan fingerprint density at radius 3 is 2.76 bits per heavy atom. The van der Waals surface area contributed by atoms with Gasteiger partial charge in [0.15, 0.2) is 11.8 Å². The molecule has 1 saturated carbocycles. The average Bonchev–Trinajstić information content (AvgIpc) is 3.34. The van der Waals surface area contributed by atoms with E-state index in [1.165, 1.54) is 49.8 Å². The lowest BCUT2D eigenvalue weighted by Gasteiger charge is -2.24. The van der Waals surface area contributed by atoms with Gasteiger partial charge in [-0.15, -0.1) is 45.5 Å². The van der Waals surface area contributed by atoms with Crippen LogP contribution in [0.15, 0.2) is 22.5 Å². The minimum Gasteiger partial charge on any atom is -0.354 e. The van der Waals surface area contributed by atoms with E-state index in [1.54, 1.807) is 11.3 Å². The van der Waals surface area contributed by atoms with Crippen LogP contribution in [-0.2, 0) is 20.1 Å². The average molecular weight is 531 g/mol. The minimum absolute atomic E-state index is 0. The van der Waals surface area contributed by atoms with Crippen molar-refractivity contribution in [1.82, 2.24) is 25.4 Å². The number of aliphatic imine (C=N–C) groups is 1. The van der Waals surface area contributed by atoms with E-state index in [2.05, 4.69) is 45.3 Å². The third-order valence-electron chi connectivity index (χ3n) is 5.69. The number of hydrogen-bond acceptors (Lipinski definition) is 4. The molecule has 3 rings (SSSR count). The summed E-state index contributed by atoms with van der Waals surface area (Å²) >= 11 is 1.76. The van der Waals surface area contributed by atoms with Gasteiger partial charge in [0.1, 0.15) is 12.4 Å².